The molecule has 0 aliphatic rings. The average molecular weight is 182 g/mol. The number of rotatable bonds is 6. The molecule has 0 heterocycles. The fourth-order valence-electron chi connectivity index (χ4n) is 0.882. The molecule has 0 aliphatic heterocycles. The van der Waals surface area contributed by atoms with Crippen molar-refractivity contribution in [2.45, 2.75) is 31.8 Å². The number of carboxylic acids is 1. The van der Waals surface area contributed by atoms with Crippen LogP contribution in [-0.4, -0.2) is 22.3 Å². The molecule has 1 atom stereocenters. The van der Waals surface area contributed by atoms with Crippen LogP contribution in [0.3, 0.4) is 0 Å². The van der Waals surface area contributed by atoms with Gasteiger partial charge in [0.1, 0.15) is 0 Å². The summed E-state index contributed by atoms with van der Waals surface area (Å²) in [5.74, 6) is 1.32. The van der Waals surface area contributed by atoms with E-state index in [1.807, 2.05) is 0 Å². The quantitative estimate of drug-likeness (QED) is 0.368. The molecule has 72 valence electrons. The molecule has 0 radical (unpaired) electrons. The summed E-state index contributed by atoms with van der Waals surface area (Å²) < 4.78 is 0. The van der Waals surface area contributed by atoms with E-state index in [-0.39, 0.29) is 5.57 Å². The maximum atomic E-state index is 10.3. The Morgan fingerprint density at radius 3 is 2.62 bits per heavy atom. The highest BCUT2D eigenvalue weighted by Crippen LogP contribution is 2.09. The Hall–Kier alpha value is -1.27. The van der Waals surface area contributed by atoms with Crippen LogP contribution in [0.1, 0.15) is 25.7 Å². The molecule has 0 saturated carbocycles. The highest BCUT2D eigenvalue weighted by Gasteiger charge is 2.14. The largest absolute Gasteiger partial charge is 0.478 e. The Labute approximate surface area is 78.1 Å². The van der Waals surface area contributed by atoms with Crippen molar-refractivity contribution < 1.29 is 15.0 Å². The Kier molecular flexibility index (Phi) is 5.66. The first-order chi connectivity index (χ1) is 6.09. The van der Waals surface area contributed by atoms with Gasteiger partial charge in [-0.3, -0.25) is 0 Å². The molecule has 0 fully saturated rings. The molecule has 0 amide bonds. The Bertz CT molecular complexity index is 225. The van der Waals surface area contributed by atoms with Crippen LogP contribution in [-0.2, 0) is 4.79 Å². The van der Waals surface area contributed by atoms with Gasteiger partial charge in [0, 0.05) is 6.42 Å². The number of terminal acetylenes is 1. The first-order valence-corrected chi connectivity index (χ1v) is 4.13. The van der Waals surface area contributed by atoms with Crippen LogP contribution in [0.2, 0.25) is 0 Å². The second kappa shape index (κ2) is 6.27. The molecular formula is C10H14O3. The van der Waals surface area contributed by atoms with E-state index in [0.717, 1.165) is 12.8 Å². The van der Waals surface area contributed by atoms with Crippen molar-refractivity contribution in [3.63, 3.8) is 0 Å². The molecular weight excluding hydrogens is 168 g/mol. The predicted octanol–water partition coefficient (Wildman–Crippen LogP) is 1.18. The van der Waals surface area contributed by atoms with Crippen molar-refractivity contribution in [2.75, 3.05) is 0 Å². The predicted molar refractivity (Wildman–Crippen MR) is 50.1 cm³/mol. The summed E-state index contributed by atoms with van der Waals surface area (Å²) in [6, 6.07) is 0. The van der Waals surface area contributed by atoms with E-state index >= 15 is 0 Å². The van der Waals surface area contributed by atoms with Crippen LogP contribution in [0.4, 0.5) is 0 Å². The van der Waals surface area contributed by atoms with Crippen molar-refractivity contribution in [3.05, 3.63) is 12.2 Å². The minimum atomic E-state index is -1.15. The third-order valence-corrected chi connectivity index (χ3v) is 1.73. The van der Waals surface area contributed by atoms with E-state index in [2.05, 4.69) is 12.5 Å². The summed E-state index contributed by atoms with van der Waals surface area (Å²) in [7, 11) is 0. The van der Waals surface area contributed by atoms with Gasteiger partial charge in [0.2, 0.25) is 0 Å². The maximum Gasteiger partial charge on any atom is 0.333 e. The zero-order valence-electron chi connectivity index (χ0n) is 7.49. The zero-order valence-corrected chi connectivity index (χ0v) is 7.49. The second-order valence-corrected chi connectivity index (χ2v) is 2.80. The summed E-state index contributed by atoms with van der Waals surface area (Å²) in [4.78, 5) is 10.3. The summed E-state index contributed by atoms with van der Waals surface area (Å²) in [6.45, 7) is 3.26. The monoisotopic (exact) mass is 182 g/mol. The highest BCUT2D eigenvalue weighted by molar-refractivity contribution is 5.86. The summed E-state index contributed by atoms with van der Waals surface area (Å²) in [5, 5.41) is 17.7. The molecule has 0 aromatic rings. The molecule has 0 bridgehead atoms. The van der Waals surface area contributed by atoms with Crippen molar-refractivity contribution in [2.24, 2.45) is 0 Å². The fraction of sp³-hybridized carbons (Fsp3) is 0.500. The lowest BCUT2D eigenvalue weighted by molar-refractivity contribution is -0.133. The summed E-state index contributed by atoms with van der Waals surface area (Å²) in [5.41, 5.74) is -0.152. The second-order valence-electron chi connectivity index (χ2n) is 2.80. The molecule has 0 spiro atoms. The molecule has 0 aromatic carbocycles. The van der Waals surface area contributed by atoms with Gasteiger partial charge in [-0.25, -0.2) is 4.79 Å². The molecule has 0 aliphatic carbocycles. The van der Waals surface area contributed by atoms with E-state index in [4.69, 9.17) is 11.5 Å². The first kappa shape index (κ1) is 11.7. The maximum absolute atomic E-state index is 10.3. The van der Waals surface area contributed by atoms with E-state index in [9.17, 15) is 9.90 Å². The number of hydrogen-bond acceptors (Lipinski definition) is 2. The third kappa shape index (κ3) is 5.05. The van der Waals surface area contributed by atoms with Crippen LogP contribution in [0.15, 0.2) is 12.2 Å². The van der Waals surface area contributed by atoms with Crippen LogP contribution in [0.5, 0.6) is 0 Å². The van der Waals surface area contributed by atoms with Gasteiger partial charge in [-0.2, -0.15) is 0 Å². The summed E-state index contributed by atoms with van der Waals surface area (Å²) >= 11 is 0. The summed E-state index contributed by atoms with van der Waals surface area (Å²) in [6.07, 6.45) is 6.67. The topological polar surface area (TPSA) is 57.5 Å². The van der Waals surface area contributed by atoms with Gasteiger partial charge in [-0.05, 0) is 19.3 Å². The smallest absolute Gasteiger partial charge is 0.333 e. The molecule has 0 aromatic heterocycles. The first-order valence-electron chi connectivity index (χ1n) is 4.13. The van der Waals surface area contributed by atoms with Gasteiger partial charge in [-0.15, -0.1) is 12.3 Å². The van der Waals surface area contributed by atoms with Crippen LogP contribution < -0.4 is 0 Å². The van der Waals surface area contributed by atoms with Gasteiger partial charge in [-0.1, -0.05) is 6.58 Å². The zero-order chi connectivity index (χ0) is 10.3. The number of carboxylic acid groups (broad SMARTS) is 1. The van der Waals surface area contributed by atoms with Gasteiger partial charge in [0.25, 0.3) is 0 Å². The molecule has 3 heteroatoms. The van der Waals surface area contributed by atoms with Gasteiger partial charge < -0.3 is 10.2 Å². The molecule has 13 heavy (non-hydrogen) atoms. The lowest BCUT2D eigenvalue weighted by Crippen LogP contribution is -2.16. The molecule has 2 N–H and O–H groups in total. The number of aliphatic hydroxyl groups excluding tert-OH is 1. The number of carbonyl (C=O) groups is 1. The fourth-order valence-corrected chi connectivity index (χ4v) is 0.882. The van der Waals surface area contributed by atoms with E-state index < -0.39 is 12.1 Å². The van der Waals surface area contributed by atoms with E-state index in [0.29, 0.717) is 12.8 Å². The van der Waals surface area contributed by atoms with Gasteiger partial charge in [0.05, 0.1) is 11.7 Å². The van der Waals surface area contributed by atoms with Crippen molar-refractivity contribution >= 4 is 5.97 Å². The normalized spacial score (nSPS) is 11.7. The number of unbranched alkanes of at least 4 members (excludes halogenated alkanes) is 2. The lowest BCUT2D eigenvalue weighted by Gasteiger charge is -2.08. The Morgan fingerprint density at radius 2 is 2.15 bits per heavy atom. The third-order valence-electron chi connectivity index (χ3n) is 1.73. The highest BCUT2D eigenvalue weighted by atomic mass is 16.4. The number of aliphatic carboxylic acids is 1. The average Bonchev–Trinajstić information content (AvgIpc) is 2.10. The Morgan fingerprint density at radius 1 is 1.54 bits per heavy atom. The van der Waals surface area contributed by atoms with Crippen molar-refractivity contribution in [3.8, 4) is 12.3 Å². The van der Waals surface area contributed by atoms with E-state index in [1.54, 1.807) is 0 Å². The Balaban J connectivity index is 3.63. The van der Waals surface area contributed by atoms with Gasteiger partial charge >= 0.3 is 5.97 Å². The molecule has 3 nitrogen and oxygen atoms in total. The number of hydrogen-bond donors (Lipinski definition) is 2. The minimum absolute atomic E-state index is 0.152. The SMILES string of the molecule is C#CCCCCC(O)C(=C)C(=O)O. The van der Waals surface area contributed by atoms with Crippen LogP contribution >= 0.6 is 0 Å². The van der Waals surface area contributed by atoms with Crippen molar-refractivity contribution in [1.29, 1.82) is 0 Å². The molecule has 0 rings (SSSR count). The van der Waals surface area contributed by atoms with Crippen molar-refractivity contribution in [1.82, 2.24) is 0 Å². The number of aliphatic hydroxyl groups is 1. The molecule has 1 unspecified atom stereocenters. The molecule has 0 saturated heterocycles. The van der Waals surface area contributed by atoms with E-state index in [1.165, 1.54) is 0 Å². The lowest BCUT2D eigenvalue weighted by atomic mass is 10.0. The van der Waals surface area contributed by atoms with Crippen LogP contribution in [0.25, 0.3) is 0 Å². The van der Waals surface area contributed by atoms with Crippen LogP contribution in [0, 0.1) is 12.3 Å². The standard InChI is InChI=1S/C10H14O3/c1-3-4-5-6-7-9(11)8(2)10(12)13/h1,9,11H,2,4-7H2,(H,12,13). The van der Waals surface area contributed by atoms with Gasteiger partial charge in [0.15, 0.2) is 0 Å². The minimum Gasteiger partial charge on any atom is -0.478 e.